The van der Waals surface area contributed by atoms with Crippen LogP contribution in [0.5, 0.6) is 0 Å². The molecular weight excluding hydrogens is 236 g/mol. The molecule has 0 saturated heterocycles. The Balaban J connectivity index is 2.21. The number of rotatable bonds is 3. The number of hydrogen-bond donors (Lipinski definition) is 1. The summed E-state index contributed by atoms with van der Waals surface area (Å²) in [5.74, 6) is 0. The van der Waals surface area contributed by atoms with Crippen LogP contribution in [0.2, 0.25) is 0 Å². The Morgan fingerprint density at radius 1 is 1.39 bits per heavy atom. The molecule has 1 aromatic rings. The van der Waals surface area contributed by atoms with E-state index in [4.69, 9.17) is 9.47 Å². The molecule has 6 nitrogen and oxygen atoms in total. The third-order valence-electron chi connectivity index (χ3n) is 2.53. The second-order valence-corrected chi connectivity index (χ2v) is 4.44. The Bertz CT molecular complexity index is 570. The quantitative estimate of drug-likeness (QED) is 0.803. The van der Waals surface area contributed by atoms with Gasteiger partial charge in [-0.2, -0.15) is 0 Å². The van der Waals surface area contributed by atoms with Gasteiger partial charge in [-0.15, -0.1) is 0 Å². The molecule has 0 radical (unpaired) electrons. The molecule has 0 amide bonds. The monoisotopic (exact) mass is 252 g/mol. The van der Waals surface area contributed by atoms with Crippen LogP contribution in [0.4, 0.5) is 0 Å². The van der Waals surface area contributed by atoms with Crippen LogP contribution >= 0.6 is 0 Å². The Labute approximate surface area is 104 Å². The molecule has 0 fully saturated rings. The summed E-state index contributed by atoms with van der Waals surface area (Å²) in [6.45, 7) is 5.44. The van der Waals surface area contributed by atoms with Crippen molar-refractivity contribution in [3.8, 4) is 0 Å². The summed E-state index contributed by atoms with van der Waals surface area (Å²) in [5.41, 5.74) is -0.418. The zero-order chi connectivity index (χ0) is 13.3. The predicted molar refractivity (Wildman–Crippen MR) is 65.3 cm³/mol. The molecule has 0 spiro atoms. The van der Waals surface area contributed by atoms with Crippen LogP contribution in [0.3, 0.4) is 0 Å². The summed E-state index contributed by atoms with van der Waals surface area (Å²) < 4.78 is 12.3. The van der Waals surface area contributed by atoms with Gasteiger partial charge in [0.15, 0.2) is 12.5 Å². The van der Waals surface area contributed by atoms with E-state index in [-0.39, 0.29) is 11.7 Å². The van der Waals surface area contributed by atoms with E-state index >= 15 is 0 Å². The fourth-order valence-corrected chi connectivity index (χ4v) is 1.69. The number of ether oxygens (including phenoxy) is 2. The number of hydrogen-bond acceptors (Lipinski definition) is 4. The highest BCUT2D eigenvalue weighted by molar-refractivity contribution is 5.05. The Morgan fingerprint density at radius 2 is 2.11 bits per heavy atom. The van der Waals surface area contributed by atoms with Crippen LogP contribution in [-0.2, 0) is 9.47 Å². The Morgan fingerprint density at radius 3 is 2.78 bits per heavy atom. The second-order valence-electron chi connectivity index (χ2n) is 4.44. The minimum Gasteiger partial charge on any atom is -0.346 e. The first kappa shape index (κ1) is 12.8. The maximum Gasteiger partial charge on any atom is 0.330 e. The second kappa shape index (κ2) is 4.91. The maximum absolute atomic E-state index is 11.7. The van der Waals surface area contributed by atoms with E-state index < -0.39 is 18.2 Å². The van der Waals surface area contributed by atoms with E-state index in [0.29, 0.717) is 5.56 Å². The molecule has 98 valence electrons. The van der Waals surface area contributed by atoms with Crippen LogP contribution in [0, 0.1) is 6.92 Å². The number of nitrogens with one attached hydrogen (secondary N) is 1. The number of H-pyrrole nitrogens is 1. The average Bonchev–Trinajstić information content (AvgIpc) is 2.70. The zero-order valence-corrected chi connectivity index (χ0v) is 10.5. The summed E-state index contributed by atoms with van der Waals surface area (Å²) in [6, 6.07) is 0. The number of nitrogens with zero attached hydrogens (tertiary/aromatic N) is 1. The SMILES string of the molecule is Cc1cn(C2C=CC(OC(C)C)O2)c(=O)[nH]c1=O. The molecule has 0 aliphatic carbocycles. The predicted octanol–water partition coefficient (Wildman–Crippen LogP) is 0.681. The third-order valence-corrected chi connectivity index (χ3v) is 2.53. The van der Waals surface area contributed by atoms with E-state index in [2.05, 4.69) is 4.98 Å². The summed E-state index contributed by atoms with van der Waals surface area (Å²) >= 11 is 0. The van der Waals surface area contributed by atoms with Gasteiger partial charge < -0.3 is 9.47 Å². The van der Waals surface area contributed by atoms with Crippen molar-refractivity contribution in [1.82, 2.24) is 9.55 Å². The van der Waals surface area contributed by atoms with E-state index in [1.807, 2.05) is 13.8 Å². The minimum absolute atomic E-state index is 0.0347. The van der Waals surface area contributed by atoms with Gasteiger partial charge in [-0.1, -0.05) is 0 Å². The molecule has 1 N–H and O–H groups in total. The van der Waals surface area contributed by atoms with Crippen LogP contribution in [0.15, 0.2) is 27.9 Å². The topological polar surface area (TPSA) is 73.3 Å². The van der Waals surface area contributed by atoms with E-state index in [1.54, 1.807) is 19.1 Å². The highest BCUT2D eigenvalue weighted by Crippen LogP contribution is 2.21. The Hall–Kier alpha value is -1.66. The molecule has 1 aliphatic heterocycles. The van der Waals surface area contributed by atoms with E-state index in [9.17, 15) is 9.59 Å². The summed E-state index contributed by atoms with van der Waals surface area (Å²) in [5, 5.41) is 0. The zero-order valence-electron chi connectivity index (χ0n) is 10.5. The van der Waals surface area contributed by atoms with Crippen molar-refractivity contribution in [1.29, 1.82) is 0 Å². The van der Waals surface area contributed by atoms with E-state index in [0.717, 1.165) is 0 Å². The minimum atomic E-state index is -0.545. The van der Waals surface area contributed by atoms with Gasteiger partial charge in [0.05, 0.1) is 6.10 Å². The van der Waals surface area contributed by atoms with Crippen molar-refractivity contribution in [2.45, 2.75) is 39.4 Å². The molecule has 18 heavy (non-hydrogen) atoms. The first-order valence-electron chi connectivity index (χ1n) is 5.78. The normalized spacial score (nSPS) is 22.9. The van der Waals surface area contributed by atoms with Crippen molar-refractivity contribution >= 4 is 0 Å². The molecule has 2 rings (SSSR count). The average molecular weight is 252 g/mol. The molecule has 0 aromatic carbocycles. The van der Waals surface area contributed by atoms with Gasteiger partial charge in [0.1, 0.15) is 0 Å². The lowest BCUT2D eigenvalue weighted by molar-refractivity contribution is -0.154. The molecule has 2 unspecified atom stereocenters. The van der Waals surface area contributed by atoms with Crippen molar-refractivity contribution in [3.05, 3.63) is 44.8 Å². The van der Waals surface area contributed by atoms with Gasteiger partial charge >= 0.3 is 5.69 Å². The van der Waals surface area contributed by atoms with Crippen molar-refractivity contribution in [2.24, 2.45) is 0 Å². The summed E-state index contributed by atoms with van der Waals surface area (Å²) in [4.78, 5) is 25.2. The maximum atomic E-state index is 11.7. The van der Waals surface area contributed by atoms with Crippen molar-refractivity contribution in [3.63, 3.8) is 0 Å². The third kappa shape index (κ3) is 2.60. The van der Waals surface area contributed by atoms with Gasteiger partial charge in [-0.3, -0.25) is 14.3 Å². The van der Waals surface area contributed by atoms with Gasteiger partial charge in [0.25, 0.3) is 5.56 Å². The van der Waals surface area contributed by atoms with Crippen LogP contribution < -0.4 is 11.2 Å². The van der Waals surface area contributed by atoms with Gasteiger partial charge in [-0.05, 0) is 32.9 Å². The highest BCUT2D eigenvalue weighted by Gasteiger charge is 2.22. The summed E-state index contributed by atoms with van der Waals surface area (Å²) in [7, 11) is 0. The summed E-state index contributed by atoms with van der Waals surface area (Å²) in [6.07, 6.45) is 3.98. The van der Waals surface area contributed by atoms with Gasteiger partial charge in [0.2, 0.25) is 0 Å². The fraction of sp³-hybridized carbons (Fsp3) is 0.500. The number of aromatic nitrogens is 2. The highest BCUT2D eigenvalue weighted by atomic mass is 16.7. The van der Waals surface area contributed by atoms with Crippen LogP contribution in [-0.4, -0.2) is 21.9 Å². The molecule has 0 saturated carbocycles. The standard InChI is InChI=1S/C12H16N2O4/c1-7(2)17-10-5-4-9(18-10)14-6-8(3)11(15)13-12(14)16/h4-7,9-10H,1-3H3,(H,13,15,16). The largest absolute Gasteiger partial charge is 0.346 e. The smallest absolute Gasteiger partial charge is 0.330 e. The fourth-order valence-electron chi connectivity index (χ4n) is 1.69. The molecule has 6 heteroatoms. The van der Waals surface area contributed by atoms with E-state index in [1.165, 1.54) is 10.8 Å². The molecule has 1 aromatic heterocycles. The van der Waals surface area contributed by atoms with Crippen molar-refractivity contribution < 1.29 is 9.47 Å². The lowest BCUT2D eigenvalue weighted by Gasteiger charge is -2.18. The molecule has 2 heterocycles. The Kier molecular flexibility index (Phi) is 3.49. The lowest BCUT2D eigenvalue weighted by Crippen LogP contribution is -2.33. The molecular formula is C12H16N2O4. The van der Waals surface area contributed by atoms with Crippen molar-refractivity contribution in [2.75, 3.05) is 0 Å². The molecule has 2 atom stereocenters. The number of aromatic amines is 1. The first-order valence-corrected chi connectivity index (χ1v) is 5.78. The molecule has 1 aliphatic rings. The van der Waals surface area contributed by atoms with Gasteiger partial charge in [0, 0.05) is 11.8 Å². The first-order chi connectivity index (χ1) is 8.47. The van der Waals surface area contributed by atoms with Gasteiger partial charge in [-0.25, -0.2) is 4.79 Å². The number of aryl methyl sites for hydroxylation is 1. The van der Waals surface area contributed by atoms with Crippen LogP contribution in [0.25, 0.3) is 0 Å². The molecule has 0 bridgehead atoms. The lowest BCUT2D eigenvalue weighted by atomic mass is 10.4. The van der Waals surface area contributed by atoms with Crippen LogP contribution in [0.1, 0.15) is 25.6 Å².